The minimum atomic E-state index is -0.0710. The molecule has 2 atom stereocenters. The van der Waals surface area contributed by atoms with Crippen LogP contribution >= 0.6 is 11.6 Å². The van der Waals surface area contributed by atoms with Gasteiger partial charge in [0.05, 0.1) is 11.2 Å². The van der Waals surface area contributed by atoms with E-state index in [-0.39, 0.29) is 17.9 Å². The molecule has 1 aromatic heterocycles. The molecule has 1 aliphatic rings. The molecule has 20 heavy (non-hydrogen) atoms. The molecular formula is C15H22ClN3O. The lowest BCUT2D eigenvalue weighted by atomic mass is 9.92. The summed E-state index contributed by atoms with van der Waals surface area (Å²) in [7, 11) is 0. The van der Waals surface area contributed by atoms with Gasteiger partial charge in [-0.05, 0) is 25.7 Å². The zero-order valence-corrected chi connectivity index (χ0v) is 13.3. The summed E-state index contributed by atoms with van der Waals surface area (Å²) in [6.45, 7) is 9.07. The van der Waals surface area contributed by atoms with Gasteiger partial charge in [0, 0.05) is 18.5 Å². The van der Waals surface area contributed by atoms with Crippen molar-refractivity contribution >= 4 is 17.5 Å². The van der Waals surface area contributed by atoms with Crippen molar-refractivity contribution in [2.24, 2.45) is 5.92 Å². The predicted octanol–water partition coefficient (Wildman–Crippen LogP) is 3.51. The van der Waals surface area contributed by atoms with Crippen LogP contribution in [-0.4, -0.2) is 33.4 Å². The number of hydrogen-bond acceptors (Lipinski definition) is 3. The Bertz CT molecular complexity index is 504. The zero-order chi connectivity index (χ0) is 14.9. The molecule has 1 amide bonds. The lowest BCUT2D eigenvalue weighted by Crippen LogP contribution is -2.46. The normalized spacial score (nSPS) is 23.2. The van der Waals surface area contributed by atoms with Crippen molar-refractivity contribution in [1.29, 1.82) is 0 Å². The minimum absolute atomic E-state index is 0.0710. The van der Waals surface area contributed by atoms with Gasteiger partial charge in [-0.3, -0.25) is 4.79 Å². The SMILES string of the molecule is CC(C)c1ncc(Cl)c(C(=O)N2CCCC(C)C2C)n1. The van der Waals surface area contributed by atoms with Crippen LogP contribution in [0.5, 0.6) is 0 Å². The number of carbonyl (C=O) groups excluding carboxylic acids is 1. The van der Waals surface area contributed by atoms with Gasteiger partial charge >= 0.3 is 0 Å². The second-order valence-corrected chi connectivity index (χ2v) is 6.35. The van der Waals surface area contributed by atoms with E-state index in [0.29, 0.717) is 22.5 Å². The third-order valence-corrected chi connectivity index (χ3v) is 4.39. The zero-order valence-electron chi connectivity index (χ0n) is 12.6. The Hall–Kier alpha value is -1.16. The second-order valence-electron chi connectivity index (χ2n) is 5.94. The van der Waals surface area contributed by atoms with Crippen LogP contribution < -0.4 is 0 Å². The summed E-state index contributed by atoms with van der Waals surface area (Å²) in [6.07, 6.45) is 3.74. The third kappa shape index (κ3) is 2.95. The third-order valence-electron chi connectivity index (χ3n) is 4.12. The van der Waals surface area contributed by atoms with Crippen LogP contribution in [0.2, 0.25) is 5.02 Å². The molecule has 0 radical (unpaired) electrons. The van der Waals surface area contributed by atoms with Crippen LogP contribution in [0.25, 0.3) is 0 Å². The van der Waals surface area contributed by atoms with Gasteiger partial charge in [0.15, 0.2) is 5.69 Å². The van der Waals surface area contributed by atoms with Crippen molar-refractivity contribution in [2.75, 3.05) is 6.54 Å². The van der Waals surface area contributed by atoms with Gasteiger partial charge in [0.1, 0.15) is 5.82 Å². The summed E-state index contributed by atoms with van der Waals surface area (Å²) >= 11 is 6.13. The van der Waals surface area contributed by atoms with Crippen LogP contribution in [-0.2, 0) is 0 Å². The molecule has 0 spiro atoms. The van der Waals surface area contributed by atoms with Crippen LogP contribution in [0.15, 0.2) is 6.20 Å². The lowest BCUT2D eigenvalue weighted by Gasteiger charge is -2.37. The average Bonchev–Trinajstić information content (AvgIpc) is 2.41. The molecule has 0 saturated carbocycles. The minimum Gasteiger partial charge on any atom is -0.334 e. The number of nitrogens with zero attached hydrogens (tertiary/aromatic N) is 3. The van der Waals surface area contributed by atoms with E-state index in [0.717, 1.165) is 13.0 Å². The van der Waals surface area contributed by atoms with Gasteiger partial charge in [0.25, 0.3) is 5.91 Å². The maximum Gasteiger partial charge on any atom is 0.274 e. The van der Waals surface area contributed by atoms with Crippen molar-refractivity contribution in [3.8, 4) is 0 Å². The molecule has 2 rings (SSSR count). The summed E-state index contributed by atoms with van der Waals surface area (Å²) in [4.78, 5) is 23.2. The average molecular weight is 296 g/mol. The largest absolute Gasteiger partial charge is 0.334 e. The second kappa shape index (κ2) is 6.08. The molecule has 110 valence electrons. The summed E-state index contributed by atoms with van der Waals surface area (Å²) in [5, 5.41) is 0.338. The first-order chi connectivity index (χ1) is 9.41. The molecule has 1 saturated heterocycles. The molecule has 0 aliphatic carbocycles. The summed E-state index contributed by atoms with van der Waals surface area (Å²) < 4.78 is 0. The fraction of sp³-hybridized carbons (Fsp3) is 0.667. The molecular weight excluding hydrogens is 274 g/mol. The maximum absolute atomic E-state index is 12.7. The molecule has 2 unspecified atom stereocenters. The van der Waals surface area contributed by atoms with Crippen molar-refractivity contribution in [3.63, 3.8) is 0 Å². The number of amides is 1. The van der Waals surface area contributed by atoms with Gasteiger partial charge in [-0.15, -0.1) is 0 Å². The van der Waals surface area contributed by atoms with Crippen molar-refractivity contribution in [1.82, 2.24) is 14.9 Å². The highest BCUT2D eigenvalue weighted by molar-refractivity contribution is 6.33. The van der Waals surface area contributed by atoms with Crippen molar-refractivity contribution in [2.45, 2.75) is 52.5 Å². The lowest BCUT2D eigenvalue weighted by molar-refractivity contribution is 0.0544. The van der Waals surface area contributed by atoms with Crippen molar-refractivity contribution in [3.05, 3.63) is 22.7 Å². The number of halogens is 1. The first-order valence-corrected chi connectivity index (χ1v) is 7.63. The number of aromatic nitrogens is 2. The number of piperidine rings is 1. The number of rotatable bonds is 2. The molecule has 2 heterocycles. The number of carbonyl (C=O) groups is 1. The van der Waals surface area contributed by atoms with Gasteiger partial charge in [-0.2, -0.15) is 0 Å². The molecule has 1 fully saturated rings. The maximum atomic E-state index is 12.7. The Morgan fingerprint density at radius 1 is 1.45 bits per heavy atom. The quantitative estimate of drug-likeness (QED) is 0.839. The predicted molar refractivity (Wildman–Crippen MR) is 80.0 cm³/mol. The number of likely N-dealkylation sites (tertiary alicyclic amines) is 1. The van der Waals surface area contributed by atoms with E-state index >= 15 is 0 Å². The van der Waals surface area contributed by atoms with E-state index in [2.05, 4.69) is 23.8 Å². The van der Waals surface area contributed by atoms with Crippen LogP contribution in [0.1, 0.15) is 62.8 Å². The first-order valence-electron chi connectivity index (χ1n) is 7.25. The molecule has 1 aliphatic heterocycles. The molecule has 0 aromatic carbocycles. The highest BCUT2D eigenvalue weighted by Crippen LogP contribution is 2.26. The summed E-state index contributed by atoms with van der Waals surface area (Å²) in [5.41, 5.74) is 0.339. The van der Waals surface area contributed by atoms with E-state index in [1.165, 1.54) is 12.6 Å². The fourth-order valence-corrected chi connectivity index (χ4v) is 2.74. The highest BCUT2D eigenvalue weighted by Gasteiger charge is 2.31. The number of hydrogen-bond donors (Lipinski definition) is 0. The molecule has 1 aromatic rings. The van der Waals surface area contributed by atoms with Crippen LogP contribution in [0.4, 0.5) is 0 Å². The molecule has 5 heteroatoms. The fourth-order valence-electron chi connectivity index (χ4n) is 2.57. The summed E-state index contributed by atoms with van der Waals surface area (Å²) in [5.74, 6) is 1.28. The first kappa shape index (κ1) is 15.2. The van der Waals surface area contributed by atoms with Gasteiger partial charge in [-0.25, -0.2) is 9.97 Å². The van der Waals surface area contributed by atoms with E-state index in [1.54, 1.807) is 0 Å². The topological polar surface area (TPSA) is 46.1 Å². The monoisotopic (exact) mass is 295 g/mol. The molecule has 0 bridgehead atoms. The van der Waals surface area contributed by atoms with E-state index in [1.807, 2.05) is 18.7 Å². The van der Waals surface area contributed by atoms with Crippen LogP contribution in [0.3, 0.4) is 0 Å². The smallest absolute Gasteiger partial charge is 0.274 e. The van der Waals surface area contributed by atoms with Crippen LogP contribution in [0, 0.1) is 5.92 Å². The Labute approximate surface area is 125 Å². The Balaban J connectivity index is 2.30. The molecule has 0 N–H and O–H groups in total. The van der Waals surface area contributed by atoms with Crippen molar-refractivity contribution < 1.29 is 4.79 Å². The van der Waals surface area contributed by atoms with E-state index in [4.69, 9.17) is 11.6 Å². The Morgan fingerprint density at radius 3 is 2.80 bits per heavy atom. The van der Waals surface area contributed by atoms with Gasteiger partial charge < -0.3 is 4.90 Å². The van der Waals surface area contributed by atoms with Gasteiger partial charge in [0.2, 0.25) is 0 Å². The van der Waals surface area contributed by atoms with E-state index in [9.17, 15) is 4.79 Å². The standard InChI is InChI=1S/C15H22ClN3O/c1-9(2)14-17-8-12(16)13(18-14)15(20)19-7-5-6-10(3)11(19)4/h8-11H,5-7H2,1-4H3. The summed E-state index contributed by atoms with van der Waals surface area (Å²) in [6, 6.07) is 0.227. The van der Waals surface area contributed by atoms with Gasteiger partial charge in [-0.1, -0.05) is 32.4 Å². The Kier molecular flexibility index (Phi) is 4.63. The van der Waals surface area contributed by atoms with E-state index < -0.39 is 0 Å². The highest BCUT2D eigenvalue weighted by atomic mass is 35.5. The Morgan fingerprint density at radius 2 is 2.15 bits per heavy atom. The molecule has 4 nitrogen and oxygen atoms in total.